The van der Waals surface area contributed by atoms with Crippen LogP contribution in [0.4, 0.5) is 5.69 Å². The number of rotatable bonds is 4. The van der Waals surface area contributed by atoms with Crippen molar-refractivity contribution in [3.05, 3.63) is 66.2 Å². The Kier molecular flexibility index (Phi) is 4.96. The lowest BCUT2D eigenvalue weighted by molar-refractivity contribution is -0.121. The summed E-state index contributed by atoms with van der Waals surface area (Å²) in [7, 11) is 1.61. The lowest BCUT2D eigenvalue weighted by atomic mass is 9.96. The Bertz CT molecular complexity index is 709. The molecule has 0 radical (unpaired) electrons. The summed E-state index contributed by atoms with van der Waals surface area (Å²) < 4.78 is 5.17. The van der Waals surface area contributed by atoms with Crippen molar-refractivity contribution in [2.45, 2.75) is 25.0 Å². The minimum atomic E-state index is -0.579. The molecule has 1 fully saturated rings. The summed E-state index contributed by atoms with van der Waals surface area (Å²) in [6.07, 6.45) is 4.10. The second-order valence-electron chi connectivity index (χ2n) is 5.83. The van der Waals surface area contributed by atoms with Crippen molar-refractivity contribution in [2.75, 3.05) is 12.0 Å². The number of aliphatic hydroxyl groups is 1. The first kappa shape index (κ1) is 16.3. The highest BCUT2D eigenvalue weighted by Crippen LogP contribution is 2.28. The molecule has 0 bridgehead atoms. The number of amides is 1. The van der Waals surface area contributed by atoms with Crippen LogP contribution in [0, 0.1) is 0 Å². The monoisotopic (exact) mass is 323 g/mol. The summed E-state index contributed by atoms with van der Waals surface area (Å²) in [5.41, 5.74) is 1.81. The molecule has 1 aliphatic heterocycles. The Hall–Kier alpha value is -2.59. The van der Waals surface area contributed by atoms with Gasteiger partial charge in [-0.05, 0) is 36.2 Å². The van der Waals surface area contributed by atoms with Gasteiger partial charge in [-0.1, -0.05) is 42.5 Å². The molecule has 2 aromatic rings. The summed E-state index contributed by atoms with van der Waals surface area (Å²) in [5.74, 6) is 0.758. The van der Waals surface area contributed by atoms with E-state index < -0.39 is 6.10 Å². The Balaban J connectivity index is 1.89. The summed E-state index contributed by atoms with van der Waals surface area (Å²) in [4.78, 5) is 14.1. The average Bonchev–Trinajstić information content (AvgIpc) is 2.63. The zero-order valence-corrected chi connectivity index (χ0v) is 13.6. The molecular formula is C20H21NO3. The fraction of sp³-hybridized carbons (Fsp3) is 0.250. The van der Waals surface area contributed by atoms with E-state index in [-0.39, 0.29) is 11.9 Å². The van der Waals surface area contributed by atoms with Crippen molar-refractivity contribution in [1.29, 1.82) is 0 Å². The van der Waals surface area contributed by atoms with E-state index in [9.17, 15) is 9.90 Å². The highest BCUT2D eigenvalue weighted by molar-refractivity contribution is 5.95. The van der Waals surface area contributed by atoms with Gasteiger partial charge in [-0.15, -0.1) is 0 Å². The maximum absolute atomic E-state index is 12.5. The first-order chi connectivity index (χ1) is 11.7. The summed E-state index contributed by atoms with van der Waals surface area (Å²) in [5, 5.41) is 10.4. The van der Waals surface area contributed by atoms with Crippen LogP contribution in [-0.2, 0) is 4.79 Å². The third kappa shape index (κ3) is 3.49. The van der Waals surface area contributed by atoms with E-state index in [2.05, 4.69) is 0 Å². The molecule has 0 aliphatic carbocycles. The molecular weight excluding hydrogens is 302 g/mol. The van der Waals surface area contributed by atoms with Crippen LogP contribution in [0.1, 0.15) is 18.4 Å². The molecule has 4 nitrogen and oxygen atoms in total. The highest BCUT2D eigenvalue weighted by atomic mass is 16.5. The van der Waals surface area contributed by atoms with Crippen molar-refractivity contribution in [1.82, 2.24) is 0 Å². The zero-order chi connectivity index (χ0) is 16.9. The number of anilines is 1. The maximum atomic E-state index is 12.5. The Labute approximate surface area is 142 Å². The van der Waals surface area contributed by atoms with E-state index >= 15 is 0 Å². The van der Waals surface area contributed by atoms with E-state index in [4.69, 9.17) is 4.74 Å². The molecule has 1 heterocycles. The van der Waals surface area contributed by atoms with E-state index in [1.165, 1.54) is 0 Å². The summed E-state index contributed by atoms with van der Waals surface area (Å²) >= 11 is 0. The van der Waals surface area contributed by atoms with Gasteiger partial charge in [-0.2, -0.15) is 0 Å². The average molecular weight is 323 g/mol. The number of hydrogen-bond donors (Lipinski definition) is 1. The first-order valence-corrected chi connectivity index (χ1v) is 8.06. The van der Waals surface area contributed by atoms with Crippen LogP contribution >= 0.6 is 0 Å². The number of benzene rings is 2. The molecule has 1 aliphatic rings. The smallest absolute Gasteiger partial charge is 0.227 e. The second-order valence-corrected chi connectivity index (χ2v) is 5.83. The van der Waals surface area contributed by atoms with Gasteiger partial charge >= 0.3 is 0 Å². The highest BCUT2D eigenvalue weighted by Gasteiger charge is 2.34. The molecule has 2 atom stereocenters. The molecule has 0 saturated carbocycles. The Morgan fingerprint density at radius 2 is 1.83 bits per heavy atom. The Morgan fingerprint density at radius 1 is 1.12 bits per heavy atom. The molecule has 2 aromatic carbocycles. The van der Waals surface area contributed by atoms with Gasteiger partial charge in [0, 0.05) is 12.1 Å². The van der Waals surface area contributed by atoms with Crippen molar-refractivity contribution < 1.29 is 14.6 Å². The number of aliphatic hydroxyl groups excluding tert-OH is 1. The van der Waals surface area contributed by atoms with Gasteiger partial charge in [0.1, 0.15) is 5.75 Å². The van der Waals surface area contributed by atoms with Crippen LogP contribution in [-0.4, -0.2) is 30.3 Å². The lowest BCUT2D eigenvalue weighted by Crippen LogP contribution is -2.50. The number of hydrogen-bond acceptors (Lipinski definition) is 3. The summed E-state index contributed by atoms with van der Waals surface area (Å²) in [6.45, 7) is 0. The van der Waals surface area contributed by atoms with Gasteiger partial charge in [0.05, 0.1) is 19.3 Å². The van der Waals surface area contributed by atoms with Gasteiger partial charge in [0.2, 0.25) is 5.91 Å². The van der Waals surface area contributed by atoms with Crippen molar-refractivity contribution >= 4 is 17.7 Å². The van der Waals surface area contributed by atoms with Gasteiger partial charge < -0.3 is 14.7 Å². The third-order valence-electron chi connectivity index (χ3n) is 4.25. The van der Waals surface area contributed by atoms with Gasteiger partial charge in [0.15, 0.2) is 0 Å². The number of ether oxygens (including phenoxy) is 1. The molecule has 0 unspecified atom stereocenters. The minimum Gasteiger partial charge on any atom is -0.497 e. The Morgan fingerprint density at radius 3 is 2.50 bits per heavy atom. The lowest BCUT2D eigenvalue weighted by Gasteiger charge is -2.37. The van der Waals surface area contributed by atoms with Gasteiger partial charge in [-0.25, -0.2) is 0 Å². The van der Waals surface area contributed by atoms with Crippen LogP contribution < -0.4 is 9.64 Å². The zero-order valence-electron chi connectivity index (χ0n) is 13.6. The first-order valence-electron chi connectivity index (χ1n) is 8.06. The molecule has 0 spiro atoms. The molecule has 1 saturated heterocycles. The second kappa shape index (κ2) is 7.32. The molecule has 1 N–H and O–H groups in total. The summed E-state index contributed by atoms with van der Waals surface area (Å²) in [6, 6.07) is 16.8. The van der Waals surface area contributed by atoms with Crippen molar-refractivity contribution in [2.24, 2.45) is 0 Å². The maximum Gasteiger partial charge on any atom is 0.227 e. The predicted molar refractivity (Wildman–Crippen MR) is 95.0 cm³/mol. The van der Waals surface area contributed by atoms with Gasteiger partial charge in [-0.3, -0.25) is 4.79 Å². The number of nitrogens with zero attached hydrogens (tertiary/aromatic N) is 1. The van der Waals surface area contributed by atoms with Crippen molar-refractivity contribution in [3.8, 4) is 5.75 Å². The normalized spacial score (nSPS) is 21.2. The van der Waals surface area contributed by atoms with Crippen LogP contribution in [0.3, 0.4) is 0 Å². The quantitative estimate of drug-likeness (QED) is 0.939. The standard InChI is InChI=1S/C20H21NO3/c1-24-17-10-8-16(9-11-17)21-18(19(22)13-14-20(21)23)12-7-15-5-3-2-4-6-15/h2-12,18-19,22H,13-14H2,1H3/b12-7+/t18-,19-/m0/s1. The molecule has 4 heteroatoms. The number of piperidine rings is 1. The minimum absolute atomic E-state index is 0.0215. The van der Waals surface area contributed by atoms with E-state index in [1.807, 2.05) is 66.7 Å². The topological polar surface area (TPSA) is 49.8 Å². The number of carbonyl (C=O) groups is 1. The SMILES string of the molecule is COc1ccc(N2C(=O)CC[C@H](O)[C@@H]2/C=C/c2ccccc2)cc1. The fourth-order valence-corrected chi connectivity index (χ4v) is 2.95. The van der Waals surface area contributed by atoms with E-state index in [1.54, 1.807) is 12.0 Å². The predicted octanol–water partition coefficient (Wildman–Crippen LogP) is 3.26. The molecule has 24 heavy (non-hydrogen) atoms. The number of carbonyl (C=O) groups excluding carboxylic acids is 1. The van der Waals surface area contributed by atoms with Crippen LogP contribution in [0.15, 0.2) is 60.7 Å². The molecule has 3 rings (SSSR count). The van der Waals surface area contributed by atoms with E-state index in [0.717, 1.165) is 17.0 Å². The van der Waals surface area contributed by atoms with E-state index in [0.29, 0.717) is 12.8 Å². The van der Waals surface area contributed by atoms with Crippen LogP contribution in [0.5, 0.6) is 5.75 Å². The number of methoxy groups -OCH3 is 1. The van der Waals surface area contributed by atoms with Gasteiger partial charge in [0.25, 0.3) is 0 Å². The fourth-order valence-electron chi connectivity index (χ4n) is 2.95. The third-order valence-corrected chi connectivity index (χ3v) is 4.25. The van der Waals surface area contributed by atoms with Crippen LogP contribution in [0.2, 0.25) is 0 Å². The molecule has 124 valence electrons. The van der Waals surface area contributed by atoms with Crippen LogP contribution in [0.25, 0.3) is 6.08 Å². The molecule has 0 aromatic heterocycles. The van der Waals surface area contributed by atoms with Crippen molar-refractivity contribution in [3.63, 3.8) is 0 Å². The molecule has 1 amide bonds. The largest absolute Gasteiger partial charge is 0.497 e.